The maximum Gasteiger partial charge on any atom is 0.228 e. The number of hydrogen-bond acceptors (Lipinski definition) is 5. The van der Waals surface area contributed by atoms with Crippen LogP contribution in [0.15, 0.2) is 18.3 Å². The summed E-state index contributed by atoms with van der Waals surface area (Å²) in [6.07, 6.45) is 1.89. The zero-order valence-corrected chi connectivity index (χ0v) is 14.7. The van der Waals surface area contributed by atoms with Crippen LogP contribution in [0.25, 0.3) is 0 Å². The molecule has 0 unspecified atom stereocenters. The van der Waals surface area contributed by atoms with Crippen molar-refractivity contribution in [3.63, 3.8) is 0 Å². The van der Waals surface area contributed by atoms with Gasteiger partial charge in [-0.3, -0.25) is 9.59 Å². The maximum absolute atomic E-state index is 12.7. The lowest BCUT2D eigenvalue weighted by atomic mass is 10.1. The monoisotopic (exact) mass is 341 g/mol. The van der Waals surface area contributed by atoms with E-state index in [1.165, 1.54) is 0 Å². The van der Waals surface area contributed by atoms with Crippen LogP contribution in [0.1, 0.15) is 25.8 Å². The molecule has 7 nitrogen and oxygen atoms in total. The fraction of sp³-hybridized carbons (Fsp3) is 0.556. The van der Waals surface area contributed by atoms with E-state index in [-0.39, 0.29) is 23.8 Å². The molecule has 3 heterocycles. The summed E-state index contributed by atoms with van der Waals surface area (Å²) in [6, 6.07) is 5.80. The molecule has 0 radical (unpaired) electrons. The zero-order valence-electron chi connectivity index (χ0n) is 14.7. The molecule has 2 amide bonds. The maximum atomic E-state index is 12.7. The van der Waals surface area contributed by atoms with Crippen molar-refractivity contribution in [2.24, 2.45) is 5.92 Å². The van der Waals surface area contributed by atoms with Crippen LogP contribution in [0.5, 0.6) is 0 Å². The van der Waals surface area contributed by atoms with E-state index in [4.69, 9.17) is 5.26 Å². The number of likely N-dealkylation sites (tertiary alicyclic amines) is 1. The Labute approximate surface area is 147 Å². The molecule has 0 saturated carbocycles. The van der Waals surface area contributed by atoms with Crippen molar-refractivity contribution in [2.75, 3.05) is 37.6 Å². The van der Waals surface area contributed by atoms with Crippen molar-refractivity contribution in [3.05, 3.63) is 23.9 Å². The second-order valence-electron chi connectivity index (χ2n) is 6.87. The minimum atomic E-state index is -0.213. The summed E-state index contributed by atoms with van der Waals surface area (Å²) in [6.45, 7) is 7.17. The van der Waals surface area contributed by atoms with E-state index >= 15 is 0 Å². The molecule has 25 heavy (non-hydrogen) atoms. The van der Waals surface area contributed by atoms with E-state index < -0.39 is 0 Å². The molecule has 132 valence electrons. The normalized spacial score (nSPS) is 21.0. The van der Waals surface area contributed by atoms with E-state index in [1.54, 1.807) is 17.2 Å². The lowest BCUT2D eigenvalue weighted by Crippen LogP contribution is -2.51. The molecule has 2 aliphatic heterocycles. The highest BCUT2D eigenvalue weighted by molar-refractivity contribution is 5.89. The van der Waals surface area contributed by atoms with Crippen LogP contribution in [-0.2, 0) is 9.59 Å². The van der Waals surface area contributed by atoms with Crippen LogP contribution in [0, 0.1) is 17.2 Å². The first kappa shape index (κ1) is 17.2. The second-order valence-corrected chi connectivity index (χ2v) is 6.87. The number of nitrogens with zero attached hydrogens (tertiary/aromatic N) is 5. The number of nitriles is 1. The minimum absolute atomic E-state index is 0.0776. The number of rotatable bonds is 3. The van der Waals surface area contributed by atoms with Gasteiger partial charge in [-0.25, -0.2) is 4.98 Å². The number of aromatic nitrogens is 1. The van der Waals surface area contributed by atoms with Gasteiger partial charge >= 0.3 is 0 Å². The first-order valence-electron chi connectivity index (χ1n) is 8.69. The topological polar surface area (TPSA) is 80.5 Å². The third kappa shape index (κ3) is 3.58. The predicted molar refractivity (Wildman–Crippen MR) is 92.7 cm³/mol. The molecular weight excluding hydrogens is 318 g/mol. The number of amides is 2. The van der Waals surface area contributed by atoms with E-state index in [0.29, 0.717) is 44.7 Å². The van der Waals surface area contributed by atoms with Gasteiger partial charge in [0.1, 0.15) is 11.9 Å². The number of carbonyl (C=O) groups is 2. The zero-order chi connectivity index (χ0) is 18.0. The van der Waals surface area contributed by atoms with Crippen molar-refractivity contribution in [3.8, 4) is 6.07 Å². The Morgan fingerprint density at radius 2 is 2.00 bits per heavy atom. The molecular formula is C18H23N5O2. The summed E-state index contributed by atoms with van der Waals surface area (Å²) in [5.41, 5.74) is 0.540. The van der Waals surface area contributed by atoms with Crippen LogP contribution in [0.3, 0.4) is 0 Å². The summed E-state index contributed by atoms with van der Waals surface area (Å²) >= 11 is 0. The van der Waals surface area contributed by atoms with Gasteiger partial charge in [0.15, 0.2) is 0 Å². The number of pyridine rings is 1. The van der Waals surface area contributed by atoms with Gasteiger partial charge in [0, 0.05) is 51.4 Å². The van der Waals surface area contributed by atoms with Crippen LogP contribution in [-0.4, -0.2) is 65.4 Å². The van der Waals surface area contributed by atoms with Gasteiger partial charge in [-0.15, -0.1) is 0 Å². The van der Waals surface area contributed by atoms with Crippen LogP contribution >= 0.6 is 0 Å². The molecule has 0 N–H and O–H groups in total. The Hall–Kier alpha value is -2.62. The minimum Gasteiger partial charge on any atom is -0.353 e. The smallest absolute Gasteiger partial charge is 0.228 e. The number of piperazine rings is 1. The Bertz CT molecular complexity index is 686. The Morgan fingerprint density at radius 1 is 1.28 bits per heavy atom. The molecule has 0 spiro atoms. The van der Waals surface area contributed by atoms with Gasteiger partial charge in [0.25, 0.3) is 0 Å². The molecule has 1 aromatic heterocycles. The van der Waals surface area contributed by atoms with Crippen molar-refractivity contribution in [1.82, 2.24) is 14.8 Å². The van der Waals surface area contributed by atoms with Crippen LogP contribution in [0.4, 0.5) is 5.82 Å². The molecule has 0 aliphatic carbocycles. The molecule has 2 saturated heterocycles. The summed E-state index contributed by atoms with van der Waals surface area (Å²) < 4.78 is 0. The molecule has 0 aromatic carbocycles. The fourth-order valence-electron chi connectivity index (χ4n) is 3.45. The lowest BCUT2D eigenvalue weighted by Gasteiger charge is -2.36. The summed E-state index contributed by atoms with van der Waals surface area (Å²) in [4.78, 5) is 34.8. The molecule has 1 atom stereocenters. The van der Waals surface area contributed by atoms with Gasteiger partial charge in [-0.2, -0.15) is 5.26 Å². The van der Waals surface area contributed by atoms with Crippen LogP contribution in [0.2, 0.25) is 0 Å². The number of carbonyl (C=O) groups excluding carboxylic acids is 2. The number of anilines is 1. The van der Waals surface area contributed by atoms with Gasteiger partial charge < -0.3 is 14.7 Å². The Morgan fingerprint density at radius 3 is 2.52 bits per heavy atom. The predicted octanol–water partition coefficient (Wildman–Crippen LogP) is 0.859. The quantitative estimate of drug-likeness (QED) is 0.814. The molecule has 2 aliphatic rings. The highest BCUT2D eigenvalue weighted by Crippen LogP contribution is 2.23. The standard InChI is InChI=1S/C18H23N5O2/c1-13(2)23-12-15(9-17(23)24)18(25)22-7-5-21(6-8-22)16-4-3-14(10-19)11-20-16/h3-4,11,13,15H,5-9,12H2,1-2H3/t15-/m0/s1. The molecule has 3 rings (SSSR count). The highest BCUT2D eigenvalue weighted by Gasteiger charge is 2.38. The van der Waals surface area contributed by atoms with Gasteiger partial charge in [-0.1, -0.05) is 0 Å². The summed E-state index contributed by atoms with van der Waals surface area (Å²) in [5, 5.41) is 8.83. The summed E-state index contributed by atoms with van der Waals surface area (Å²) in [7, 11) is 0. The molecule has 0 bridgehead atoms. The molecule has 1 aromatic rings. The van der Waals surface area contributed by atoms with Crippen molar-refractivity contribution >= 4 is 17.6 Å². The average Bonchev–Trinajstić information content (AvgIpc) is 3.03. The molecule has 2 fully saturated rings. The fourth-order valence-corrected chi connectivity index (χ4v) is 3.45. The first-order valence-corrected chi connectivity index (χ1v) is 8.69. The first-order chi connectivity index (χ1) is 12.0. The van der Waals surface area contributed by atoms with Crippen molar-refractivity contribution in [2.45, 2.75) is 26.3 Å². The lowest BCUT2D eigenvalue weighted by molar-refractivity contribution is -0.136. The highest BCUT2D eigenvalue weighted by atomic mass is 16.2. The van der Waals surface area contributed by atoms with Gasteiger partial charge in [0.05, 0.1) is 11.5 Å². The second kappa shape index (κ2) is 7.09. The Kier molecular flexibility index (Phi) is 4.88. The number of hydrogen-bond donors (Lipinski definition) is 0. The molecule has 7 heteroatoms. The third-order valence-corrected chi connectivity index (χ3v) is 4.92. The third-order valence-electron chi connectivity index (χ3n) is 4.92. The van der Waals surface area contributed by atoms with E-state index in [9.17, 15) is 9.59 Å². The van der Waals surface area contributed by atoms with Crippen molar-refractivity contribution in [1.29, 1.82) is 5.26 Å². The van der Waals surface area contributed by atoms with Crippen LogP contribution < -0.4 is 4.90 Å². The van der Waals surface area contributed by atoms with E-state index in [1.807, 2.05) is 24.8 Å². The Balaban J connectivity index is 1.56. The van der Waals surface area contributed by atoms with E-state index in [2.05, 4.69) is 16.0 Å². The largest absolute Gasteiger partial charge is 0.353 e. The SMILES string of the molecule is CC(C)N1C[C@@H](C(=O)N2CCN(c3ccc(C#N)cn3)CC2)CC1=O. The average molecular weight is 341 g/mol. The summed E-state index contributed by atoms with van der Waals surface area (Å²) in [5.74, 6) is 0.778. The van der Waals surface area contributed by atoms with Gasteiger partial charge in [-0.05, 0) is 26.0 Å². The van der Waals surface area contributed by atoms with Gasteiger partial charge in [0.2, 0.25) is 11.8 Å². The van der Waals surface area contributed by atoms with E-state index in [0.717, 1.165) is 5.82 Å². The van der Waals surface area contributed by atoms with Crippen molar-refractivity contribution < 1.29 is 9.59 Å².